The second-order valence-electron chi connectivity index (χ2n) is 6.59. The predicted molar refractivity (Wildman–Crippen MR) is 124 cm³/mol. The Bertz CT molecular complexity index is 1110. The molecule has 0 atom stereocenters. The van der Waals surface area contributed by atoms with Crippen LogP contribution in [0.15, 0.2) is 67.0 Å². The van der Waals surface area contributed by atoms with E-state index < -0.39 is 0 Å². The SMILES string of the molecule is Cl.NCc1cc(NCc2cccc(C(=O)NCc3cc4ccccc4s3)c2)ncn1. The van der Waals surface area contributed by atoms with Crippen LogP contribution in [0.1, 0.15) is 26.5 Å². The van der Waals surface area contributed by atoms with Crippen LogP contribution in [0.4, 0.5) is 5.82 Å². The zero-order valence-electron chi connectivity index (χ0n) is 16.2. The molecule has 0 unspecified atom stereocenters. The number of rotatable bonds is 7. The van der Waals surface area contributed by atoms with Crippen LogP contribution in [0.5, 0.6) is 0 Å². The van der Waals surface area contributed by atoms with Gasteiger partial charge in [0.25, 0.3) is 5.91 Å². The van der Waals surface area contributed by atoms with Gasteiger partial charge in [-0.2, -0.15) is 0 Å². The molecule has 6 nitrogen and oxygen atoms in total. The van der Waals surface area contributed by atoms with Gasteiger partial charge < -0.3 is 16.4 Å². The Morgan fingerprint density at radius 1 is 1.00 bits per heavy atom. The smallest absolute Gasteiger partial charge is 0.251 e. The monoisotopic (exact) mass is 439 g/mol. The molecule has 0 radical (unpaired) electrons. The van der Waals surface area contributed by atoms with Crippen molar-refractivity contribution in [3.05, 3.63) is 88.7 Å². The van der Waals surface area contributed by atoms with E-state index in [1.165, 1.54) is 16.4 Å². The highest BCUT2D eigenvalue weighted by Crippen LogP contribution is 2.25. The van der Waals surface area contributed by atoms with Crippen LogP contribution in [0, 0.1) is 0 Å². The maximum absolute atomic E-state index is 12.6. The second kappa shape index (κ2) is 10.2. The molecule has 0 bridgehead atoms. The number of amides is 1. The van der Waals surface area contributed by atoms with Crippen LogP contribution >= 0.6 is 23.7 Å². The third-order valence-corrected chi connectivity index (χ3v) is 5.61. The number of halogens is 1. The van der Waals surface area contributed by atoms with E-state index in [-0.39, 0.29) is 18.3 Å². The van der Waals surface area contributed by atoms with Crippen molar-refractivity contribution in [1.82, 2.24) is 15.3 Å². The Hall–Kier alpha value is -3.00. The van der Waals surface area contributed by atoms with Crippen LogP contribution in [-0.4, -0.2) is 15.9 Å². The molecule has 0 fully saturated rings. The minimum absolute atomic E-state index is 0. The number of fused-ring (bicyclic) bond motifs is 1. The van der Waals surface area contributed by atoms with Gasteiger partial charge >= 0.3 is 0 Å². The lowest BCUT2D eigenvalue weighted by atomic mass is 10.1. The molecule has 4 N–H and O–H groups in total. The molecule has 0 aliphatic heterocycles. The zero-order chi connectivity index (χ0) is 20.1. The summed E-state index contributed by atoms with van der Waals surface area (Å²) in [6, 6.07) is 19.7. The number of benzene rings is 2. The summed E-state index contributed by atoms with van der Waals surface area (Å²) in [7, 11) is 0. The fourth-order valence-corrected chi connectivity index (χ4v) is 4.02. The normalized spacial score (nSPS) is 10.4. The first-order chi connectivity index (χ1) is 14.2. The zero-order valence-corrected chi connectivity index (χ0v) is 17.8. The van der Waals surface area contributed by atoms with E-state index >= 15 is 0 Å². The fraction of sp³-hybridized carbons (Fsp3) is 0.136. The van der Waals surface area contributed by atoms with Crippen molar-refractivity contribution in [1.29, 1.82) is 0 Å². The molecule has 1 amide bonds. The number of thiophene rings is 1. The van der Waals surface area contributed by atoms with E-state index in [1.807, 2.05) is 42.5 Å². The number of carbonyl (C=O) groups is 1. The number of nitrogens with two attached hydrogens (primary N) is 1. The quantitative estimate of drug-likeness (QED) is 0.403. The van der Waals surface area contributed by atoms with Crippen LogP contribution < -0.4 is 16.4 Å². The molecule has 0 saturated heterocycles. The fourth-order valence-electron chi connectivity index (χ4n) is 3.01. The van der Waals surface area contributed by atoms with Gasteiger partial charge in [0, 0.05) is 34.3 Å². The van der Waals surface area contributed by atoms with Crippen LogP contribution in [0.25, 0.3) is 10.1 Å². The summed E-state index contributed by atoms with van der Waals surface area (Å²) in [5, 5.41) is 7.45. The van der Waals surface area contributed by atoms with Gasteiger partial charge in [0.05, 0.1) is 12.2 Å². The third-order valence-electron chi connectivity index (χ3n) is 4.50. The molecular formula is C22H22ClN5OS. The number of anilines is 1. The van der Waals surface area contributed by atoms with Crippen molar-refractivity contribution in [2.24, 2.45) is 5.73 Å². The number of carbonyl (C=O) groups excluding carboxylic acids is 1. The van der Waals surface area contributed by atoms with Crippen LogP contribution in [0.3, 0.4) is 0 Å². The first-order valence-corrected chi connectivity index (χ1v) is 10.1. The molecule has 0 aliphatic rings. The van der Waals surface area contributed by atoms with Gasteiger partial charge in [-0.15, -0.1) is 23.7 Å². The standard InChI is InChI=1S/C22H21N5OS.ClH/c23-11-18-10-21(27-14-26-18)24-12-15-4-3-6-17(8-15)22(28)25-13-19-9-16-5-1-2-7-20(16)29-19;/h1-10,14H,11-13,23H2,(H,25,28)(H,24,26,27);1H. The minimum Gasteiger partial charge on any atom is -0.366 e. The number of hydrogen-bond donors (Lipinski definition) is 3. The second-order valence-corrected chi connectivity index (χ2v) is 7.75. The average molecular weight is 440 g/mol. The molecule has 2 heterocycles. The Kier molecular flexibility index (Phi) is 7.35. The Labute approximate surface area is 185 Å². The lowest BCUT2D eigenvalue weighted by Crippen LogP contribution is -2.22. The average Bonchev–Trinajstić information content (AvgIpc) is 3.19. The summed E-state index contributed by atoms with van der Waals surface area (Å²) in [5.41, 5.74) is 8.01. The van der Waals surface area contributed by atoms with Gasteiger partial charge in [0.1, 0.15) is 12.1 Å². The first kappa shape index (κ1) is 21.7. The summed E-state index contributed by atoms with van der Waals surface area (Å²) >= 11 is 1.70. The van der Waals surface area contributed by atoms with Crippen molar-refractivity contribution in [2.75, 3.05) is 5.32 Å². The Balaban J connectivity index is 0.00000256. The van der Waals surface area contributed by atoms with Crippen molar-refractivity contribution < 1.29 is 4.79 Å². The van der Waals surface area contributed by atoms with Crippen molar-refractivity contribution in [2.45, 2.75) is 19.6 Å². The predicted octanol–water partition coefficient (Wildman–Crippen LogP) is 4.11. The van der Waals surface area contributed by atoms with Crippen LogP contribution in [0.2, 0.25) is 0 Å². The van der Waals surface area contributed by atoms with Gasteiger partial charge in [-0.3, -0.25) is 4.79 Å². The summed E-state index contributed by atoms with van der Waals surface area (Å²) in [5.74, 6) is 0.622. The highest BCUT2D eigenvalue weighted by atomic mass is 35.5. The number of aromatic nitrogens is 2. The molecule has 4 rings (SSSR count). The van der Waals surface area contributed by atoms with Gasteiger partial charge in [0.15, 0.2) is 0 Å². The van der Waals surface area contributed by atoms with E-state index in [2.05, 4.69) is 38.8 Å². The van der Waals surface area contributed by atoms with E-state index in [0.29, 0.717) is 31.0 Å². The van der Waals surface area contributed by atoms with Crippen molar-refractivity contribution >= 4 is 45.6 Å². The van der Waals surface area contributed by atoms with Crippen molar-refractivity contribution in [3.8, 4) is 0 Å². The Morgan fingerprint density at radius 2 is 1.87 bits per heavy atom. The highest BCUT2D eigenvalue weighted by Gasteiger charge is 2.08. The summed E-state index contributed by atoms with van der Waals surface area (Å²) in [6.45, 7) is 1.44. The molecule has 0 aliphatic carbocycles. The first-order valence-electron chi connectivity index (χ1n) is 9.31. The lowest BCUT2D eigenvalue weighted by molar-refractivity contribution is 0.0951. The van der Waals surface area contributed by atoms with Crippen LogP contribution in [-0.2, 0) is 19.6 Å². The molecule has 0 spiro atoms. The van der Waals surface area contributed by atoms with Gasteiger partial charge in [-0.05, 0) is 35.2 Å². The van der Waals surface area contributed by atoms with E-state index in [1.54, 1.807) is 11.3 Å². The molecule has 30 heavy (non-hydrogen) atoms. The van der Waals surface area contributed by atoms with Gasteiger partial charge in [-0.1, -0.05) is 30.3 Å². The molecule has 2 aromatic heterocycles. The van der Waals surface area contributed by atoms with Gasteiger partial charge in [0.2, 0.25) is 0 Å². The van der Waals surface area contributed by atoms with Gasteiger partial charge in [-0.25, -0.2) is 9.97 Å². The van der Waals surface area contributed by atoms with E-state index in [0.717, 1.165) is 16.1 Å². The topological polar surface area (TPSA) is 92.9 Å². The molecule has 8 heteroatoms. The maximum atomic E-state index is 12.6. The summed E-state index contributed by atoms with van der Waals surface area (Å²) < 4.78 is 1.23. The lowest BCUT2D eigenvalue weighted by Gasteiger charge is -2.08. The minimum atomic E-state index is -0.0863. The largest absolute Gasteiger partial charge is 0.366 e. The molecule has 154 valence electrons. The molecule has 2 aromatic carbocycles. The number of nitrogens with one attached hydrogen (secondary N) is 2. The molecule has 0 saturated carbocycles. The maximum Gasteiger partial charge on any atom is 0.251 e. The third kappa shape index (κ3) is 5.33. The van der Waals surface area contributed by atoms with E-state index in [4.69, 9.17) is 5.73 Å². The number of hydrogen-bond acceptors (Lipinski definition) is 6. The van der Waals surface area contributed by atoms with E-state index in [9.17, 15) is 4.79 Å². The highest BCUT2D eigenvalue weighted by molar-refractivity contribution is 7.19. The summed E-state index contributed by atoms with van der Waals surface area (Å²) in [6.07, 6.45) is 1.49. The molecular weight excluding hydrogens is 418 g/mol. The summed E-state index contributed by atoms with van der Waals surface area (Å²) in [4.78, 5) is 22.0. The van der Waals surface area contributed by atoms with Crippen molar-refractivity contribution in [3.63, 3.8) is 0 Å². The molecule has 4 aromatic rings. The Morgan fingerprint density at radius 3 is 2.70 bits per heavy atom. The number of nitrogens with zero attached hydrogens (tertiary/aromatic N) is 2.